The smallest absolute Gasteiger partial charge is 0.288 e. The molecule has 4 rings (SSSR count). The highest BCUT2D eigenvalue weighted by molar-refractivity contribution is 9.10. The Hall–Kier alpha value is -2.41. The van der Waals surface area contributed by atoms with Crippen molar-refractivity contribution in [3.8, 4) is 11.1 Å². The summed E-state index contributed by atoms with van der Waals surface area (Å²) in [4.78, 5) is 0. The molecule has 0 aliphatic carbocycles. The van der Waals surface area contributed by atoms with E-state index in [1.807, 2.05) is 24.4 Å². The van der Waals surface area contributed by atoms with E-state index in [0.717, 1.165) is 32.9 Å². The van der Waals surface area contributed by atoms with Crippen molar-refractivity contribution in [2.24, 2.45) is 0 Å². The topological polar surface area (TPSA) is 30.2 Å². The maximum atomic E-state index is 12.8. The molecular weight excluding hydrogens is 383 g/mol. The molecule has 2 heterocycles. The molecule has 0 aliphatic rings. The Kier molecular flexibility index (Phi) is 3.35. The molecule has 0 N–H and O–H groups in total. The quantitative estimate of drug-likeness (QED) is 0.438. The minimum absolute atomic E-state index is 0.663. The molecule has 2 aromatic heterocycles. The fraction of sp³-hybridized carbons (Fsp3) is 0.0588. The first-order valence-electron chi connectivity index (χ1n) is 7.03. The summed E-state index contributed by atoms with van der Waals surface area (Å²) in [6.45, 7) is 0. The van der Waals surface area contributed by atoms with Crippen LogP contribution in [0.5, 0.6) is 0 Å². The lowest BCUT2D eigenvalue weighted by Crippen LogP contribution is -2.04. The number of halogens is 4. The van der Waals surface area contributed by atoms with E-state index in [1.54, 1.807) is 10.7 Å². The van der Waals surface area contributed by atoms with E-state index >= 15 is 0 Å². The predicted octanol–water partition coefficient (Wildman–Crippen LogP) is 5.33. The van der Waals surface area contributed by atoms with Crippen LogP contribution in [0.25, 0.3) is 27.5 Å². The molecule has 3 nitrogen and oxygen atoms in total. The summed E-state index contributed by atoms with van der Waals surface area (Å²) >= 11 is 3.44. The highest BCUT2D eigenvalue weighted by atomic mass is 79.9. The number of rotatable bonds is 1. The van der Waals surface area contributed by atoms with Crippen LogP contribution in [0.4, 0.5) is 13.2 Å². The predicted molar refractivity (Wildman–Crippen MR) is 88.6 cm³/mol. The number of benzene rings is 2. The van der Waals surface area contributed by atoms with Gasteiger partial charge in [0.15, 0.2) is 5.65 Å². The summed E-state index contributed by atoms with van der Waals surface area (Å²) in [5.74, 6) is 0. The van der Waals surface area contributed by atoms with E-state index in [2.05, 4.69) is 26.1 Å². The Bertz CT molecular complexity index is 1050. The average Bonchev–Trinajstić information content (AvgIpc) is 3.02. The second kappa shape index (κ2) is 5.31. The van der Waals surface area contributed by atoms with Crippen LogP contribution in [0.2, 0.25) is 0 Å². The number of hydrogen-bond donors (Lipinski definition) is 0. The largest absolute Gasteiger partial charge is 0.416 e. The van der Waals surface area contributed by atoms with Gasteiger partial charge in [0.1, 0.15) is 6.33 Å². The normalized spacial score (nSPS) is 12.2. The third-order valence-electron chi connectivity index (χ3n) is 3.88. The third-order valence-corrected chi connectivity index (χ3v) is 4.37. The van der Waals surface area contributed by atoms with Crippen molar-refractivity contribution in [2.45, 2.75) is 6.18 Å². The molecule has 0 atom stereocenters. The number of alkyl halides is 3. The van der Waals surface area contributed by atoms with Crippen molar-refractivity contribution in [3.63, 3.8) is 0 Å². The number of fused-ring (bicyclic) bond motifs is 3. The summed E-state index contributed by atoms with van der Waals surface area (Å²) in [6.07, 6.45) is -0.943. The van der Waals surface area contributed by atoms with Gasteiger partial charge < -0.3 is 0 Å². The maximum absolute atomic E-state index is 12.8. The van der Waals surface area contributed by atoms with Crippen LogP contribution in [-0.2, 0) is 6.18 Å². The number of pyridine rings is 1. The molecule has 0 amide bonds. The zero-order chi connectivity index (χ0) is 16.9. The van der Waals surface area contributed by atoms with Crippen LogP contribution in [0.15, 0.2) is 59.5 Å². The Morgan fingerprint density at radius 2 is 1.71 bits per heavy atom. The van der Waals surface area contributed by atoms with E-state index in [-0.39, 0.29) is 0 Å². The van der Waals surface area contributed by atoms with Crippen LogP contribution >= 0.6 is 15.9 Å². The summed E-state index contributed by atoms with van der Waals surface area (Å²) < 4.78 is 40.9. The van der Waals surface area contributed by atoms with E-state index in [1.165, 1.54) is 12.1 Å². The van der Waals surface area contributed by atoms with Crippen LogP contribution in [0, 0.1) is 0 Å². The van der Waals surface area contributed by atoms with Crippen molar-refractivity contribution >= 4 is 32.3 Å². The van der Waals surface area contributed by atoms with Gasteiger partial charge >= 0.3 is 6.18 Å². The Morgan fingerprint density at radius 1 is 0.958 bits per heavy atom. The van der Waals surface area contributed by atoms with Crippen molar-refractivity contribution in [2.75, 3.05) is 0 Å². The maximum Gasteiger partial charge on any atom is 0.416 e. The van der Waals surface area contributed by atoms with Gasteiger partial charge in [-0.1, -0.05) is 34.1 Å². The molecule has 2 aromatic carbocycles. The molecule has 24 heavy (non-hydrogen) atoms. The first-order valence-corrected chi connectivity index (χ1v) is 7.82. The first-order chi connectivity index (χ1) is 11.4. The minimum Gasteiger partial charge on any atom is -0.288 e. The molecule has 0 saturated carbocycles. The van der Waals surface area contributed by atoms with Gasteiger partial charge in [-0.2, -0.15) is 13.2 Å². The lowest BCUT2D eigenvalue weighted by molar-refractivity contribution is -0.137. The van der Waals surface area contributed by atoms with Crippen LogP contribution in [-0.4, -0.2) is 14.6 Å². The molecule has 0 aliphatic heterocycles. The van der Waals surface area contributed by atoms with Crippen molar-refractivity contribution in [1.29, 1.82) is 0 Å². The zero-order valence-corrected chi connectivity index (χ0v) is 13.6. The Morgan fingerprint density at radius 3 is 2.42 bits per heavy atom. The third kappa shape index (κ3) is 2.45. The second-order valence-corrected chi connectivity index (χ2v) is 6.29. The van der Waals surface area contributed by atoms with Crippen LogP contribution in [0.3, 0.4) is 0 Å². The molecule has 0 radical (unpaired) electrons. The molecule has 0 unspecified atom stereocenters. The van der Waals surface area contributed by atoms with E-state index in [0.29, 0.717) is 11.2 Å². The fourth-order valence-electron chi connectivity index (χ4n) is 2.74. The van der Waals surface area contributed by atoms with Crippen molar-refractivity contribution in [1.82, 2.24) is 14.6 Å². The fourth-order valence-corrected chi connectivity index (χ4v) is 3.10. The highest BCUT2D eigenvalue weighted by Gasteiger charge is 2.30. The Balaban J connectivity index is 1.98. The van der Waals surface area contributed by atoms with Gasteiger partial charge in [-0.15, -0.1) is 10.2 Å². The monoisotopic (exact) mass is 391 g/mol. The van der Waals surface area contributed by atoms with Crippen molar-refractivity contribution < 1.29 is 13.2 Å². The molecule has 7 heteroatoms. The number of hydrogen-bond acceptors (Lipinski definition) is 2. The van der Waals surface area contributed by atoms with Gasteiger partial charge in [-0.3, -0.25) is 4.40 Å². The van der Waals surface area contributed by atoms with Gasteiger partial charge in [0.05, 0.1) is 5.56 Å². The van der Waals surface area contributed by atoms with Gasteiger partial charge in [-0.25, -0.2) is 0 Å². The summed E-state index contributed by atoms with van der Waals surface area (Å²) in [6, 6.07) is 10.9. The number of nitrogens with zero attached hydrogens (tertiary/aromatic N) is 3. The SMILES string of the molecule is FC(F)(F)c1ccc(-c2cn3cnnc3c3cc(Br)ccc23)cc1. The molecular formula is C17H9BrF3N3. The van der Waals surface area contributed by atoms with Gasteiger partial charge in [-0.05, 0) is 35.2 Å². The van der Waals surface area contributed by atoms with Gasteiger partial charge in [0.25, 0.3) is 0 Å². The minimum atomic E-state index is -4.34. The second-order valence-electron chi connectivity index (χ2n) is 5.37. The van der Waals surface area contributed by atoms with Gasteiger partial charge in [0.2, 0.25) is 0 Å². The van der Waals surface area contributed by atoms with E-state index in [9.17, 15) is 13.2 Å². The summed E-state index contributed by atoms with van der Waals surface area (Å²) in [5, 5.41) is 9.80. The van der Waals surface area contributed by atoms with E-state index in [4.69, 9.17) is 0 Å². The molecule has 0 saturated heterocycles. The first kappa shape index (κ1) is 15.1. The summed E-state index contributed by atoms with van der Waals surface area (Å²) in [5.41, 5.74) is 1.55. The zero-order valence-electron chi connectivity index (χ0n) is 12.0. The average molecular weight is 392 g/mol. The van der Waals surface area contributed by atoms with E-state index < -0.39 is 11.7 Å². The van der Waals surface area contributed by atoms with Crippen molar-refractivity contribution in [3.05, 3.63) is 65.0 Å². The number of aromatic nitrogens is 3. The molecule has 120 valence electrons. The molecule has 4 aromatic rings. The standard InChI is InChI=1S/C17H9BrF3N3/c18-12-5-6-13-14(7-12)16-23-22-9-24(16)8-15(13)10-1-3-11(4-2-10)17(19,20)21/h1-9H. The van der Waals surface area contributed by atoms with Crippen LogP contribution < -0.4 is 0 Å². The molecule has 0 spiro atoms. The summed E-state index contributed by atoms with van der Waals surface area (Å²) in [7, 11) is 0. The highest BCUT2D eigenvalue weighted by Crippen LogP contribution is 2.35. The van der Waals surface area contributed by atoms with Crippen LogP contribution in [0.1, 0.15) is 5.56 Å². The molecule has 0 bridgehead atoms. The lowest BCUT2D eigenvalue weighted by Gasteiger charge is -2.11. The Labute approximate surface area is 142 Å². The lowest BCUT2D eigenvalue weighted by atomic mass is 9.99. The van der Waals surface area contributed by atoms with Gasteiger partial charge in [0, 0.05) is 21.6 Å². The molecule has 0 fully saturated rings.